The predicted octanol–water partition coefficient (Wildman–Crippen LogP) is 2.79. The molecule has 2 N–H and O–H groups in total. The minimum atomic E-state index is -0.269. The summed E-state index contributed by atoms with van der Waals surface area (Å²) in [6, 6.07) is 5.22. The SMILES string of the molecule is COc1ccc(Cl)cc1Nc1cnc(C(=O)NCC2CCCO2)cn1. The lowest BCUT2D eigenvalue weighted by Gasteiger charge is -2.12. The van der Waals surface area contributed by atoms with Crippen molar-refractivity contribution in [2.45, 2.75) is 18.9 Å². The Morgan fingerprint density at radius 2 is 2.28 bits per heavy atom. The second kappa shape index (κ2) is 8.13. The number of anilines is 2. The fourth-order valence-electron chi connectivity index (χ4n) is 2.53. The van der Waals surface area contributed by atoms with Gasteiger partial charge < -0.3 is 20.1 Å². The summed E-state index contributed by atoms with van der Waals surface area (Å²) in [7, 11) is 1.57. The molecule has 2 aromatic rings. The Balaban J connectivity index is 1.62. The van der Waals surface area contributed by atoms with E-state index in [2.05, 4.69) is 20.6 Å². The molecule has 1 aliphatic heterocycles. The average Bonchev–Trinajstić information content (AvgIpc) is 3.14. The van der Waals surface area contributed by atoms with Crippen molar-refractivity contribution in [1.29, 1.82) is 0 Å². The van der Waals surface area contributed by atoms with Gasteiger partial charge in [-0.2, -0.15) is 0 Å². The second-order valence-corrected chi connectivity index (χ2v) is 6.04. The van der Waals surface area contributed by atoms with Crippen molar-refractivity contribution in [1.82, 2.24) is 15.3 Å². The van der Waals surface area contributed by atoms with Gasteiger partial charge in [0.25, 0.3) is 5.91 Å². The molecule has 7 nitrogen and oxygen atoms in total. The predicted molar refractivity (Wildman–Crippen MR) is 94.6 cm³/mol. The van der Waals surface area contributed by atoms with Gasteiger partial charge in [0.2, 0.25) is 0 Å². The number of aromatic nitrogens is 2. The van der Waals surface area contributed by atoms with Crippen LogP contribution in [-0.4, -0.2) is 42.2 Å². The first-order valence-corrected chi connectivity index (χ1v) is 8.36. The molecule has 1 aromatic carbocycles. The molecule has 25 heavy (non-hydrogen) atoms. The van der Waals surface area contributed by atoms with E-state index in [-0.39, 0.29) is 17.7 Å². The highest BCUT2D eigenvalue weighted by Gasteiger charge is 2.17. The highest BCUT2D eigenvalue weighted by Crippen LogP contribution is 2.29. The number of nitrogens with one attached hydrogen (secondary N) is 2. The molecule has 1 fully saturated rings. The van der Waals surface area contributed by atoms with E-state index < -0.39 is 0 Å². The monoisotopic (exact) mass is 362 g/mol. The molecule has 2 heterocycles. The van der Waals surface area contributed by atoms with E-state index in [0.717, 1.165) is 19.4 Å². The third-order valence-corrected chi connectivity index (χ3v) is 4.06. The molecular formula is C17H19ClN4O3. The highest BCUT2D eigenvalue weighted by molar-refractivity contribution is 6.31. The normalized spacial score (nSPS) is 16.5. The zero-order chi connectivity index (χ0) is 17.6. The first kappa shape index (κ1) is 17.4. The summed E-state index contributed by atoms with van der Waals surface area (Å²) in [6.45, 7) is 1.24. The molecule has 0 spiro atoms. The van der Waals surface area contributed by atoms with Gasteiger partial charge in [-0.15, -0.1) is 0 Å². The summed E-state index contributed by atoms with van der Waals surface area (Å²) < 4.78 is 10.7. The van der Waals surface area contributed by atoms with E-state index in [4.69, 9.17) is 21.1 Å². The Labute approximate surface area is 150 Å². The van der Waals surface area contributed by atoms with Crippen molar-refractivity contribution in [3.63, 3.8) is 0 Å². The zero-order valence-electron chi connectivity index (χ0n) is 13.8. The van der Waals surface area contributed by atoms with Gasteiger partial charge in [-0.1, -0.05) is 11.6 Å². The molecule has 0 radical (unpaired) electrons. The summed E-state index contributed by atoms with van der Waals surface area (Å²) in [5.41, 5.74) is 0.918. The molecule has 0 bridgehead atoms. The number of methoxy groups -OCH3 is 1. The fourth-order valence-corrected chi connectivity index (χ4v) is 2.70. The van der Waals surface area contributed by atoms with Crippen molar-refractivity contribution in [2.24, 2.45) is 0 Å². The number of benzene rings is 1. The maximum absolute atomic E-state index is 12.1. The van der Waals surface area contributed by atoms with Crippen LogP contribution < -0.4 is 15.4 Å². The van der Waals surface area contributed by atoms with E-state index in [9.17, 15) is 4.79 Å². The minimum absolute atomic E-state index is 0.0909. The quantitative estimate of drug-likeness (QED) is 0.821. The molecular weight excluding hydrogens is 344 g/mol. The Hall–Kier alpha value is -2.38. The van der Waals surface area contributed by atoms with Crippen LogP contribution in [0, 0.1) is 0 Å². The number of hydrogen-bond donors (Lipinski definition) is 2. The number of carbonyl (C=O) groups is 1. The highest BCUT2D eigenvalue weighted by atomic mass is 35.5. The zero-order valence-corrected chi connectivity index (χ0v) is 14.5. The van der Waals surface area contributed by atoms with E-state index in [0.29, 0.717) is 28.8 Å². The van der Waals surface area contributed by atoms with Crippen molar-refractivity contribution >= 4 is 29.0 Å². The van der Waals surface area contributed by atoms with Crippen LogP contribution >= 0.6 is 11.6 Å². The number of halogens is 1. The van der Waals surface area contributed by atoms with Gasteiger partial charge in [-0.25, -0.2) is 9.97 Å². The topological polar surface area (TPSA) is 85.4 Å². The maximum atomic E-state index is 12.1. The minimum Gasteiger partial charge on any atom is -0.495 e. The van der Waals surface area contributed by atoms with Crippen LogP contribution in [0.2, 0.25) is 5.02 Å². The van der Waals surface area contributed by atoms with E-state index in [1.54, 1.807) is 25.3 Å². The molecule has 1 saturated heterocycles. The Morgan fingerprint density at radius 1 is 1.40 bits per heavy atom. The van der Waals surface area contributed by atoms with Crippen LogP contribution in [-0.2, 0) is 4.74 Å². The van der Waals surface area contributed by atoms with Crippen LogP contribution in [0.15, 0.2) is 30.6 Å². The van der Waals surface area contributed by atoms with Gasteiger partial charge in [0.05, 0.1) is 31.3 Å². The van der Waals surface area contributed by atoms with Crippen LogP contribution in [0.25, 0.3) is 0 Å². The number of nitrogens with zero attached hydrogens (tertiary/aromatic N) is 2. The average molecular weight is 363 g/mol. The van der Waals surface area contributed by atoms with Gasteiger partial charge in [0.15, 0.2) is 0 Å². The van der Waals surface area contributed by atoms with Gasteiger partial charge in [-0.05, 0) is 31.0 Å². The number of rotatable bonds is 6. The molecule has 0 aliphatic carbocycles. The molecule has 132 valence electrons. The van der Waals surface area contributed by atoms with Crippen LogP contribution in [0.3, 0.4) is 0 Å². The first-order valence-electron chi connectivity index (χ1n) is 7.98. The maximum Gasteiger partial charge on any atom is 0.271 e. The standard InChI is InChI=1S/C17H19ClN4O3/c1-24-15-5-4-11(18)7-13(15)22-16-10-19-14(9-20-16)17(23)21-8-12-3-2-6-25-12/h4-5,7,9-10,12H,2-3,6,8H2,1H3,(H,20,22)(H,21,23). The molecule has 1 amide bonds. The Kier molecular flexibility index (Phi) is 5.67. The van der Waals surface area contributed by atoms with E-state index in [1.807, 2.05) is 0 Å². The summed E-state index contributed by atoms with van der Waals surface area (Å²) >= 11 is 6.00. The number of ether oxygens (including phenoxy) is 2. The Morgan fingerprint density at radius 3 is 2.96 bits per heavy atom. The fraction of sp³-hybridized carbons (Fsp3) is 0.353. The van der Waals surface area contributed by atoms with Crippen molar-refractivity contribution in [3.05, 3.63) is 41.3 Å². The summed E-state index contributed by atoms with van der Waals surface area (Å²) in [4.78, 5) is 20.5. The molecule has 1 atom stereocenters. The lowest BCUT2D eigenvalue weighted by molar-refractivity contribution is 0.0853. The van der Waals surface area contributed by atoms with Gasteiger partial charge in [-0.3, -0.25) is 4.79 Å². The molecule has 0 saturated carbocycles. The summed E-state index contributed by atoms with van der Waals surface area (Å²) in [5, 5.41) is 6.45. The van der Waals surface area contributed by atoms with E-state index >= 15 is 0 Å². The third kappa shape index (κ3) is 4.58. The Bertz CT molecular complexity index is 733. The first-order chi connectivity index (χ1) is 12.2. The van der Waals surface area contributed by atoms with E-state index in [1.165, 1.54) is 12.4 Å². The molecule has 8 heteroatoms. The third-order valence-electron chi connectivity index (χ3n) is 3.82. The second-order valence-electron chi connectivity index (χ2n) is 5.60. The molecule has 1 unspecified atom stereocenters. The van der Waals surface area contributed by atoms with Gasteiger partial charge in [0, 0.05) is 18.2 Å². The van der Waals surface area contributed by atoms with Crippen LogP contribution in [0.4, 0.5) is 11.5 Å². The lowest BCUT2D eigenvalue weighted by atomic mass is 10.2. The van der Waals surface area contributed by atoms with Crippen LogP contribution in [0.5, 0.6) is 5.75 Å². The van der Waals surface area contributed by atoms with Crippen LogP contribution in [0.1, 0.15) is 23.3 Å². The van der Waals surface area contributed by atoms with Gasteiger partial charge >= 0.3 is 0 Å². The van der Waals surface area contributed by atoms with Gasteiger partial charge in [0.1, 0.15) is 17.3 Å². The molecule has 1 aliphatic rings. The van der Waals surface area contributed by atoms with Crippen molar-refractivity contribution in [3.8, 4) is 5.75 Å². The van der Waals surface area contributed by atoms with Crippen molar-refractivity contribution in [2.75, 3.05) is 25.6 Å². The number of carbonyl (C=O) groups excluding carboxylic acids is 1. The summed E-state index contributed by atoms with van der Waals surface area (Å²) in [6.07, 6.45) is 5.00. The smallest absolute Gasteiger partial charge is 0.271 e. The molecule has 3 rings (SSSR count). The number of hydrogen-bond acceptors (Lipinski definition) is 6. The largest absolute Gasteiger partial charge is 0.495 e. The lowest BCUT2D eigenvalue weighted by Crippen LogP contribution is -2.32. The summed E-state index contributed by atoms with van der Waals surface area (Å²) in [5.74, 6) is 0.843. The van der Waals surface area contributed by atoms with Crippen molar-refractivity contribution < 1.29 is 14.3 Å². The molecule has 1 aromatic heterocycles. The number of amides is 1.